The van der Waals surface area contributed by atoms with Crippen molar-refractivity contribution in [2.45, 2.75) is 9.79 Å². The summed E-state index contributed by atoms with van der Waals surface area (Å²) in [5.74, 6) is -2.65. The fraction of sp³-hybridized carbons (Fsp3) is 0. The van der Waals surface area contributed by atoms with Crippen molar-refractivity contribution in [3.8, 4) is 11.5 Å². The van der Waals surface area contributed by atoms with Crippen molar-refractivity contribution in [2.75, 3.05) is 0 Å². The number of aromatic hydroxyl groups is 2. The van der Waals surface area contributed by atoms with Crippen molar-refractivity contribution in [1.29, 1.82) is 0 Å². The van der Waals surface area contributed by atoms with Gasteiger partial charge in [0.25, 0.3) is 0 Å². The van der Waals surface area contributed by atoms with E-state index in [-0.39, 0.29) is 59.1 Å². The van der Waals surface area contributed by atoms with Crippen molar-refractivity contribution in [2.24, 2.45) is 20.5 Å². The van der Waals surface area contributed by atoms with E-state index < -0.39 is 101 Å². The van der Waals surface area contributed by atoms with Crippen LogP contribution in [0.4, 0.5) is 22.7 Å². The van der Waals surface area contributed by atoms with Gasteiger partial charge in [0.15, 0.2) is 11.5 Å². The van der Waals surface area contributed by atoms with Crippen LogP contribution in [-0.2, 0) is 29.4 Å². The summed E-state index contributed by atoms with van der Waals surface area (Å²) in [5.41, 5.74) is -3.33. The van der Waals surface area contributed by atoms with Gasteiger partial charge in [-0.1, -0.05) is 24.3 Å². The molecular formula is C22H16N4Na2O14P2S2. The molecule has 0 saturated carbocycles. The molecule has 0 fully saturated rings. The number of hydrogen-bond acceptors (Lipinski definition) is 14. The van der Waals surface area contributed by atoms with E-state index in [2.05, 4.69) is 20.5 Å². The maximum Gasteiger partial charge on any atom is 1.00 e. The van der Waals surface area contributed by atoms with E-state index in [9.17, 15) is 64.9 Å². The first-order valence-corrected chi connectivity index (χ1v) is 17.4. The van der Waals surface area contributed by atoms with Gasteiger partial charge in [0.2, 0.25) is 0 Å². The third-order valence-electron chi connectivity index (χ3n) is 5.70. The van der Waals surface area contributed by atoms with Crippen LogP contribution in [0, 0.1) is 0 Å². The van der Waals surface area contributed by atoms with Crippen molar-refractivity contribution >= 4 is 79.6 Å². The molecule has 4 aromatic carbocycles. The minimum Gasteiger partial charge on any atom is -0.744 e. The average Bonchev–Trinajstić information content (AvgIpc) is 2.89. The molecule has 0 aromatic heterocycles. The van der Waals surface area contributed by atoms with Gasteiger partial charge in [-0.2, -0.15) is 0 Å². The Morgan fingerprint density at radius 3 is 1.22 bits per heavy atom. The molecule has 232 valence electrons. The summed E-state index contributed by atoms with van der Waals surface area (Å²) in [5, 5.41) is 33.0. The zero-order valence-electron chi connectivity index (χ0n) is 23.2. The van der Waals surface area contributed by atoms with Crippen LogP contribution in [0.1, 0.15) is 0 Å². The van der Waals surface area contributed by atoms with Gasteiger partial charge in [-0.3, -0.25) is 9.13 Å². The van der Waals surface area contributed by atoms with Gasteiger partial charge >= 0.3 is 74.3 Å². The Morgan fingerprint density at radius 2 is 0.913 bits per heavy atom. The third kappa shape index (κ3) is 8.74. The summed E-state index contributed by atoms with van der Waals surface area (Å²) >= 11 is 0. The molecule has 0 atom stereocenters. The first-order chi connectivity index (χ1) is 20.2. The van der Waals surface area contributed by atoms with Crippen LogP contribution in [0.5, 0.6) is 11.5 Å². The Hall–Kier alpha value is -1.94. The Kier molecular flexibility index (Phi) is 12.8. The maximum atomic E-state index is 12.1. The molecule has 0 aliphatic rings. The SMILES string of the molecule is O=P(O)(O)c1ccccc1N=Nc1c(S(=O)(=O)[O-])cc2cc(S(=O)(=O)[O-])c(N=Nc3ccccc3P(=O)(O)O)c(O)c2c1O.[Na+].[Na+]. The fourth-order valence-corrected chi connectivity index (χ4v) is 6.52. The predicted octanol–water partition coefficient (Wildman–Crippen LogP) is -3.50. The summed E-state index contributed by atoms with van der Waals surface area (Å²) in [7, 11) is -21.0. The molecule has 4 aromatic rings. The zero-order valence-corrected chi connectivity index (χ0v) is 30.6. The second-order valence-corrected chi connectivity index (χ2v) is 14.5. The fourth-order valence-electron chi connectivity index (χ4n) is 3.83. The minimum absolute atomic E-state index is 0. The molecule has 0 aliphatic heterocycles. The van der Waals surface area contributed by atoms with E-state index in [1.165, 1.54) is 24.3 Å². The van der Waals surface area contributed by atoms with Crippen LogP contribution in [-0.4, -0.2) is 55.7 Å². The van der Waals surface area contributed by atoms with E-state index in [4.69, 9.17) is 0 Å². The number of benzene rings is 4. The number of rotatable bonds is 8. The number of phenolic OH excluding ortho intramolecular Hbond substituents is 2. The molecule has 0 unspecified atom stereocenters. The topological polar surface area (TPSA) is 319 Å². The molecule has 4 rings (SSSR count). The van der Waals surface area contributed by atoms with Crippen LogP contribution in [0.3, 0.4) is 0 Å². The van der Waals surface area contributed by atoms with E-state index in [0.717, 1.165) is 24.3 Å². The summed E-state index contributed by atoms with van der Waals surface area (Å²) in [6.07, 6.45) is 0. The first-order valence-electron chi connectivity index (χ1n) is 11.3. The van der Waals surface area contributed by atoms with Gasteiger partial charge in [-0.25, -0.2) is 16.8 Å². The number of hydrogen-bond donors (Lipinski definition) is 6. The number of fused-ring (bicyclic) bond motifs is 1. The third-order valence-corrected chi connectivity index (χ3v) is 9.41. The van der Waals surface area contributed by atoms with Crippen molar-refractivity contribution in [1.82, 2.24) is 0 Å². The van der Waals surface area contributed by atoms with E-state index >= 15 is 0 Å². The Balaban J connectivity index is 0.00000368. The molecule has 0 aliphatic carbocycles. The molecule has 0 amide bonds. The summed E-state index contributed by atoms with van der Waals surface area (Å²) in [6.45, 7) is 0. The van der Waals surface area contributed by atoms with Gasteiger partial charge in [0, 0.05) is 0 Å². The van der Waals surface area contributed by atoms with Crippen molar-refractivity contribution < 1.29 is 124 Å². The molecule has 18 nitrogen and oxygen atoms in total. The normalized spacial score (nSPS) is 12.7. The maximum absolute atomic E-state index is 12.1. The number of nitrogens with zero attached hydrogens (tertiary/aromatic N) is 4. The summed E-state index contributed by atoms with van der Waals surface area (Å²) in [6, 6.07) is 9.97. The van der Waals surface area contributed by atoms with E-state index in [1.807, 2.05) is 0 Å². The summed E-state index contributed by atoms with van der Waals surface area (Å²) < 4.78 is 96.0. The van der Waals surface area contributed by atoms with Gasteiger partial charge in [-0.05, 0) is 41.8 Å². The van der Waals surface area contributed by atoms with Gasteiger partial charge in [0.05, 0.1) is 25.8 Å². The standard InChI is InChI=1S/C22H18N4O14P2S2.2Na/c27-21-18-11(9-16(43(35,36)37)19(21)25-23-12-5-1-3-7-14(12)41(29,30)31)10-17(44(38,39)40)20(22(18)28)26-24-13-6-2-4-8-15(13)42(32,33)34;;/h1-10,27-28H,(H2,29,30,31)(H2,32,33,34)(H,35,36,37)(H,38,39,40);;/q;2*+1/p-2. The van der Waals surface area contributed by atoms with Crippen molar-refractivity contribution in [3.05, 3.63) is 60.7 Å². The van der Waals surface area contributed by atoms with Crippen LogP contribution < -0.4 is 69.7 Å². The van der Waals surface area contributed by atoms with Crippen LogP contribution in [0.25, 0.3) is 10.8 Å². The summed E-state index contributed by atoms with van der Waals surface area (Å²) in [4.78, 5) is 35.5. The molecule has 0 saturated heterocycles. The first kappa shape index (κ1) is 40.2. The monoisotopic (exact) mass is 732 g/mol. The molecule has 0 spiro atoms. The largest absolute Gasteiger partial charge is 1.00 e. The van der Waals surface area contributed by atoms with Crippen molar-refractivity contribution in [3.63, 3.8) is 0 Å². The smallest absolute Gasteiger partial charge is 0.744 e. The van der Waals surface area contributed by atoms with Crippen LogP contribution in [0.2, 0.25) is 0 Å². The van der Waals surface area contributed by atoms with E-state index in [0.29, 0.717) is 12.1 Å². The average molecular weight is 732 g/mol. The molecule has 0 heterocycles. The molecule has 0 radical (unpaired) electrons. The quantitative estimate of drug-likeness (QED) is 0.0443. The molecule has 46 heavy (non-hydrogen) atoms. The molecule has 24 heteroatoms. The van der Waals surface area contributed by atoms with Gasteiger partial charge in [0.1, 0.15) is 43.0 Å². The minimum atomic E-state index is -5.57. The number of phenols is 2. The van der Waals surface area contributed by atoms with Gasteiger partial charge in [-0.15, -0.1) is 20.5 Å². The van der Waals surface area contributed by atoms with Crippen LogP contribution in [0.15, 0.2) is 90.9 Å². The second kappa shape index (κ2) is 14.7. The molecular weight excluding hydrogens is 716 g/mol. The van der Waals surface area contributed by atoms with Crippen LogP contribution >= 0.6 is 15.2 Å². The predicted molar refractivity (Wildman–Crippen MR) is 148 cm³/mol. The molecule has 0 bridgehead atoms. The van der Waals surface area contributed by atoms with Gasteiger partial charge < -0.3 is 38.9 Å². The Morgan fingerprint density at radius 1 is 0.587 bits per heavy atom. The van der Waals surface area contributed by atoms with E-state index in [1.54, 1.807) is 0 Å². The second-order valence-electron chi connectivity index (χ2n) is 8.62. The Bertz CT molecular complexity index is 2070. The Labute approximate surface area is 303 Å². The zero-order chi connectivity index (χ0) is 32.8. The molecule has 6 N–H and O–H groups in total. The number of azo groups is 2.